The van der Waals surface area contributed by atoms with E-state index in [1.165, 1.54) is 0 Å². The van der Waals surface area contributed by atoms with Crippen molar-refractivity contribution < 1.29 is 4.79 Å². The highest BCUT2D eigenvalue weighted by atomic mass is 16.1. The predicted octanol–water partition coefficient (Wildman–Crippen LogP) is 2.33. The zero-order valence-electron chi connectivity index (χ0n) is 12.3. The second-order valence-electron chi connectivity index (χ2n) is 4.79. The molecule has 1 amide bonds. The van der Waals surface area contributed by atoms with Crippen LogP contribution >= 0.6 is 0 Å². The molecule has 1 aromatic carbocycles. The first-order chi connectivity index (χ1) is 10.1. The number of carbonyl (C=O) groups is 1. The van der Waals surface area contributed by atoms with Crippen molar-refractivity contribution in [1.82, 2.24) is 10.3 Å². The van der Waals surface area contributed by atoms with Crippen LogP contribution in [0.25, 0.3) is 0 Å². The van der Waals surface area contributed by atoms with Crippen molar-refractivity contribution in [3.05, 3.63) is 53.3 Å². The first-order valence-corrected chi connectivity index (χ1v) is 6.94. The lowest BCUT2D eigenvalue weighted by Crippen LogP contribution is -2.22. The number of nitrogens with zero attached hydrogens (tertiary/aromatic N) is 1. The van der Waals surface area contributed by atoms with Gasteiger partial charge < -0.3 is 16.4 Å². The van der Waals surface area contributed by atoms with Crippen LogP contribution in [-0.4, -0.2) is 17.4 Å². The highest BCUT2D eigenvalue weighted by Gasteiger charge is 2.07. The third-order valence-corrected chi connectivity index (χ3v) is 3.06. The summed E-state index contributed by atoms with van der Waals surface area (Å²) in [4.78, 5) is 16.1. The van der Waals surface area contributed by atoms with E-state index in [1.807, 2.05) is 38.1 Å². The molecule has 0 spiro atoms. The average Bonchev–Trinajstić information content (AvgIpc) is 2.46. The number of carbonyl (C=O) groups excluding carboxylic acids is 1. The second kappa shape index (κ2) is 6.74. The molecule has 1 aromatic heterocycles. The van der Waals surface area contributed by atoms with E-state index >= 15 is 0 Å². The zero-order chi connectivity index (χ0) is 15.2. The Kier molecular flexibility index (Phi) is 4.77. The fourth-order valence-corrected chi connectivity index (χ4v) is 2.01. The van der Waals surface area contributed by atoms with Crippen molar-refractivity contribution >= 4 is 17.3 Å². The smallest absolute Gasteiger partial charge is 0.251 e. The molecule has 0 saturated heterocycles. The van der Waals surface area contributed by atoms with Gasteiger partial charge in [-0.15, -0.1) is 0 Å². The summed E-state index contributed by atoms with van der Waals surface area (Å²) in [7, 11) is 0. The van der Waals surface area contributed by atoms with Crippen molar-refractivity contribution in [2.24, 2.45) is 0 Å². The van der Waals surface area contributed by atoms with E-state index in [0.717, 1.165) is 17.1 Å². The van der Waals surface area contributed by atoms with Crippen LogP contribution in [0, 0.1) is 6.92 Å². The number of anilines is 2. The number of rotatable bonds is 5. The van der Waals surface area contributed by atoms with Crippen molar-refractivity contribution in [3.63, 3.8) is 0 Å². The maximum atomic E-state index is 11.7. The van der Waals surface area contributed by atoms with Crippen LogP contribution in [0.4, 0.5) is 11.4 Å². The highest BCUT2D eigenvalue weighted by Crippen LogP contribution is 2.20. The van der Waals surface area contributed by atoms with Crippen molar-refractivity contribution in [3.8, 4) is 0 Å². The number of aromatic nitrogens is 1. The Hall–Kier alpha value is -2.56. The van der Waals surface area contributed by atoms with Gasteiger partial charge in [-0.1, -0.05) is 6.07 Å². The third-order valence-electron chi connectivity index (χ3n) is 3.06. The molecule has 5 heteroatoms. The molecule has 0 radical (unpaired) electrons. The SMILES string of the molecule is CCNC(=O)c1ccc(NCc2cccc(C)n2)c(N)c1. The van der Waals surface area contributed by atoms with Gasteiger partial charge in [0.1, 0.15) is 0 Å². The number of aryl methyl sites for hydroxylation is 1. The van der Waals surface area contributed by atoms with Gasteiger partial charge in [-0.2, -0.15) is 0 Å². The van der Waals surface area contributed by atoms with E-state index < -0.39 is 0 Å². The molecule has 0 bridgehead atoms. The Morgan fingerprint density at radius 3 is 2.76 bits per heavy atom. The molecule has 0 aliphatic carbocycles. The Morgan fingerprint density at radius 1 is 1.29 bits per heavy atom. The van der Waals surface area contributed by atoms with E-state index in [9.17, 15) is 4.79 Å². The van der Waals surface area contributed by atoms with Gasteiger partial charge in [-0.3, -0.25) is 9.78 Å². The molecule has 2 rings (SSSR count). The molecule has 4 N–H and O–H groups in total. The summed E-state index contributed by atoms with van der Waals surface area (Å²) >= 11 is 0. The minimum atomic E-state index is -0.115. The summed E-state index contributed by atoms with van der Waals surface area (Å²) in [6, 6.07) is 11.1. The van der Waals surface area contributed by atoms with E-state index in [1.54, 1.807) is 12.1 Å². The molecular formula is C16H20N4O. The Balaban J connectivity index is 2.06. The first-order valence-electron chi connectivity index (χ1n) is 6.94. The van der Waals surface area contributed by atoms with Gasteiger partial charge in [0.05, 0.1) is 23.6 Å². The van der Waals surface area contributed by atoms with Gasteiger partial charge >= 0.3 is 0 Å². The maximum absolute atomic E-state index is 11.7. The van der Waals surface area contributed by atoms with Gasteiger partial charge in [0.2, 0.25) is 0 Å². The van der Waals surface area contributed by atoms with Crippen LogP contribution in [0.5, 0.6) is 0 Å². The summed E-state index contributed by atoms with van der Waals surface area (Å²) < 4.78 is 0. The highest BCUT2D eigenvalue weighted by molar-refractivity contribution is 5.96. The van der Waals surface area contributed by atoms with Crippen LogP contribution < -0.4 is 16.4 Å². The van der Waals surface area contributed by atoms with Crippen LogP contribution in [0.3, 0.4) is 0 Å². The number of hydrogen-bond donors (Lipinski definition) is 3. The minimum Gasteiger partial charge on any atom is -0.397 e. The lowest BCUT2D eigenvalue weighted by molar-refractivity contribution is 0.0956. The van der Waals surface area contributed by atoms with Gasteiger partial charge in [0, 0.05) is 17.8 Å². The second-order valence-corrected chi connectivity index (χ2v) is 4.79. The van der Waals surface area contributed by atoms with Crippen molar-refractivity contribution in [2.75, 3.05) is 17.6 Å². The lowest BCUT2D eigenvalue weighted by Gasteiger charge is -2.11. The zero-order valence-corrected chi connectivity index (χ0v) is 12.3. The first kappa shape index (κ1) is 14.8. The minimum absolute atomic E-state index is 0.115. The molecular weight excluding hydrogens is 264 g/mol. The monoisotopic (exact) mass is 284 g/mol. The number of nitrogen functional groups attached to an aromatic ring is 1. The summed E-state index contributed by atoms with van der Waals surface area (Å²) in [6.07, 6.45) is 0. The quantitative estimate of drug-likeness (QED) is 0.736. The molecule has 1 heterocycles. The topological polar surface area (TPSA) is 80.0 Å². The Bertz CT molecular complexity index is 640. The molecule has 21 heavy (non-hydrogen) atoms. The van der Waals surface area contributed by atoms with Crippen LogP contribution in [0.1, 0.15) is 28.7 Å². The third kappa shape index (κ3) is 3.95. The molecule has 0 unspecified atom stereocenters. The van der Waals surface area contributed by atoms with Gasteiger partial charge in [-0.25, -0.2) is 0 Å². The molecule has 110 valence electrons. The Labute approximate surface area is 124 Å². The number of pyridine rings is 1. The van der Waals surface area contributed by atoms with E-state index in [-0.39, 0.29) is 5.91 Å². The number of hydrogen-bond acceptors (Lipinski definition) is 4. The van der Waals surface area contributed by atoms with Crippen LogP contribution in [-0.2, 0) is 6.54 Å². The normalized spacial score (nSPS) is 10.2. The number of nitrogens with one attached hydrogen (secondary N) is 2. The molecule has 0 saturated carbocycles. The standard InChI is InChI=1S/C16H20N4O/c1-3-18-16(21)12-7-8-15(14(17)9-12)19-10-13-6-4-5-11(2)20-13/h4-9,19H,3,10,17H2,1-2H3,(H,18,21). The lowest BCUT2D eigenvalue weighted by atomic mass is 10.1. The summed E-state index contributed by atoms with van der Waals surface area (Å²) in [5.41, 5.74) is 9.82. The predicted molar refractivity (Wildman–Crippen MR) is 85.2 cm³/mol. The summed E-state index contributed by atoms with van der Waals surface area (Å²) in [5.74, 6) is -0.115. The van der Waals surface area contributed by atoms with Crippen LogP contribution in [0.2, 0.25) is 0 Å². The molecule has 0 aliphatic heterocycles. The van der Waals surface area contributed by atoms with E-state index in [2.05, 4.69) is 15.6 Å². The van der Waals surface area contributed by atoms with Gasteiger partial charge in [-0.05, 0) is 44.2 Å². The fraction of sp³-hybridized carbons (Fsp3) is 0.250. The molecule has 5 nitrogen and oxygen atoms in total. The average molecular weight is 284 g/mol. The van der Waals surface area contributed by atoms with E-state index in [4.69, 9.17) is 5.73 Å². The number of benzene rings is 1. The van der Waals surface area contributed by atoms with Gasteiger partial charge in [0.15, 0.2) is 0 Å². The Morgan fingerprint density at radius 2 is 2.10 bits per heavy atom. The summed E-state index contributed by atoms with van der Waals surface area (Å²) in [5, 5.41) is 5.98. The fourth-order valence-electron chi connectivity index (χ4n) is 2.01. The molecule has 0 atom stereocenters. The van der Waals surface area contributed by atoms with E-state index in [0.29, 0.717) is 24.3 Å². The van der Waals surface area contributed by atoms with Gasteiger partial charge in [0.25, 0.3) is 5.91 Å². The largest absolute Gasteiger partial charge is 0.397 e. The van der Waals surface area contributed by atoms with Crippen molar-refractivity contribution in [1.29, 1.82) is 0 Å². The molecule has 0 fully saturated rings. The summed E-state index contributed by atoms with van der Waals surface area (Å²) in [6.45, 7) is 5.02. The number of amides is 1. The molecule has 2 aromatic rings. The molecule has 0 aliphatic rings. The number of nitrogens with two attached hydrogens (primary N) is 1. The van der Waals surface area contributed by atoms with Crippen molar-refractivity contribution in [2.45, 2.75) is 20.4 Å². The maximum Gasteiger partial charge on any atom is 0.251 e. The van der Waals surface area contributed by atoms with Crippen LogP contribution in [0.15, 0.2) is 36.4 Å².